The number of halogens is 4. The molecular weight excluding hydrogens is 383 g/mol. The van der Waals surface area contributed by atoms with Gasteiger partial charge in [0, 0.05) is 43.0 Å². The lowest BCUT2D eigenvalue weighted by Crippen LogP contribution is -2.50. The Morgan fingerprint density at radius 3 is 1.78 bits per heavy atom. The summed E-state index contributed by atoms with van der Waals surface area (Å²) in [4.78, 5) is 31.3. The van der Waals surface area contributed by atoms with Crippen molar-refractivity contribution in [3.05, 3.63) is 64.4 Å². The van der Waals surface area contributed by atoms with E-state index >= 15 is 0 Å². The van der Waals surface area contributed by atoms with Crippen LogP contribution in [0, 0.1) is 0 Å². The fraction of sp³-hybridized carbons (Fsp3) is 0.278. The van der Waals surface area contributed by atoms with Gasteiger partial charge in [-0.2, -0.15) is 13.2 Å². The fourth-order valence-electron chi connectivity index (χ4n) is 2.76. The topological polar surface area (TPSA) is 53.5 Å². The number of amides is 2. The third-order valence-corrected chi connectivity index (χ3v) is 4.50. The maximum atomic E-state index is 12.6. The molecule has 2 heterocycles. The number of piperazine rings is 1. The molecule has 27 heavy (non-hydrogen) atoms. The Balaban J connectivity index is 1.60. The first-order chi connectivity index (χ1) is 12.8. The average molecular weight is 398 g/mol. The van der Waals surface area contributed by atoms with Crippen LogP contribution in [-0.4, -0.2) is 52.8 Å². The van der Waals surface area contributed by atoms with Crippen LogP contribution in [0.2, 0.25) is 5.02 Å². The smallest absolute Gasteiger partial charge is 0.335 e. The highest BCUT2D eigenvalue weighted by Crippen LogP contribution is 2.27. The van der Waals surface area contributed by atoms with Crippen molar-refractivity contribution in [1.29, 1.82) is 0 Å². The molecule has 142 valence electrons. The Labute approximate surface area is 158 Å². The van der Waals surface area contributed by atoms with Crippen molar-refractivity contribution in [2.75, 3.05) is 26.2 Å². The van der Waals surface area contributed by atoms with Gasteiger partial charge in [0.2, 0.25) is 0 Å². The second-order valence-electron chi connectivity index (χ2n) is 6.02. The second-order valence-corrected chi connectivity index (χ2v) is 6.46. The number of alkyl halides is 3. The van der Waals surface area contributed by atoms with Crippen LogP contribution in [0.5, 0.6) is 0 Å². The molecule has 1 aliphatic rings. The van der Waals surface area contributed by atoms with Crippen molar-refractivity contribution >= 4 is 23.4 Å². The van der Waals surface area contributed by atoms with Crippen molar-refractivity contribution in [3.63, 3.8) is 0 Å². The lowest BCUT2D eigenvalue weighted by atomic mass is 10.1. The maximum Gasteiger partial charge on any atom is 0.433 e. The standard InChI is InChI=1S/C18H15ClF3N3O2/c19-14-4-1-12(2-5-14)16(26)24-7-9-25(10-8-24)17(27)13-3-6-15(23-11-13)18(20,21)22/h1-6,11H,7-10H2. The van der Waals surface area contributed by atoms with Gasteiger partial charge in [0.1, 0.15) is 5.69 Å². The van der Waals surface area contributed by atoms with Crippen LogP contribution in [0.25, 0.3) is 0 Å². The highest BCUT2D eigenvalue weighted by molar-refractivity contribution is 6.30. The van der Waals surface area contributed by atoms with E-state index in [1.54, 1.807) is 29.2 Å². The summed E-state index contributed by atoms with van der Waals surface area (Å²) in [5.74, 6) is -0.565. The molecule has 2 aromatic rings. The molecule has 1 aromatic heterocycles. The maximum absolute atomic E-state index is 12.6. The van der Waals surface area contributed by atoms with E-state index in [1.165, 1.54) is 4.90 Å². The number of nitrogens with zero attached hydrogens (tertiary/aromatic N) is 3. The van der Waals surface area contributed by atoms with Crippen molar-refractivity contribution < 1.29 is 22.8 Å². The van der Waals surface area contributed by atoms with Crippen LogP contribution in [0.4, 0.5) is 13.2 Å². The largest absolute Gasteiger partial charge is 0.433 e. The van der Waals surface area contributed by atoms with Gasteiger partial charge in [-0.1, -0.05) is 11.6 Å². The third kappa shape index (κ3) is 4.39. The van der Waals surface area contributed by atoms with E-state index in [2.05, 4.69) is 4.98 Å². The van der Waals surface area contributed by atoms with Crippen molar-refractivity contribution in [2.45, 2.75) is 6.18 Å². The van der Waals surface area contributed by atoms with E-state index in [9.17, 15) is 22.8 Å². The molecule has 1 aromatic carbocycles. The third-order valence-electron chi connectivity index (χ3n) is 4.25. The number of carbonyl (C=O) groups excluding carboxylic acids is 2. The zero-order chi connectivity index (χ0) is 19.6. The number of aromatic nitrogens is 1. The molecule has 9 heteroatoms. The summed E-state index contributed by atoms with van der Waals surface area (Å²) >= 11 is 5.81. The Bertz CT molecular complexity index is 830. The molecule has 1 saturated heterocycles. The molecule has 1 aliphatic heterocycles. The molecule has 0 unspecified atom stereocenters. The summed E-state index contributed by atoms with van der Waals surface area (Å²) in [5, 5.41) is 0.534. The summed E-state index contributed by atoms with van der Waals surface area (Å²) in [6.45, 7) is 1.25. The Morgan fingerprint density at radius 1 is 0.852 bits per heavy atom. The van der Waals surface area contributed by atoms with E-state index in [4.69, 9.17) is 11.6 Å². The van der Waals surface area contributed by atoms with Crippen LogP contribution in [0.15, 0.2) is 42.6 Å². The number of carbonyl (C=O) groups is 2. The lowest BCUT2D eigenvalue weighted by molar-refractivity contribution is -0.141. The van der Waals surface area contributed by atoms with Gasteiger partial charge >= 0.3 is 6.18 Å². The van der Waals surface area contributed by atoms with Gasteiger partial charge in [0.15, 0.2) is 0 Å². The molecular formula is C18H15ClF3N3O2. The highest BCUT2D eigenvalue weighted by Gasteiger charge is 2.33. The van der Waals surface area contributed by atoms with E-state index in [0.717, 1.165) is 18.3 Å². The second kappa shape index (κ2) is 7.56. The number of hydrogen-bond donors (Lipinski definition) is 0. The quantitative estimate of drug-likeness (QED) is 0.781. The molecule has 0 saturated carbocycles. The van der Waals surface area contributed by atoms with Gasteiger partial charge in [-0.25, -0.2) is 0 Å². The predicted octanol–water partition coefficient (Wildman–Crippen LogP) is 3.35. The molecule has 0 N–H and O–H groups in total. The van der Waals surface area contributed by atoms with Gasteiger partial charge in [0.05, 0.1) is 5.56 Å². The predicted molar refractivity (Wildman–Crippen MR) is 92.5 cm³/mol. The van der Waals surface area contributed by atoms with Gasteiger partial charge < -0.3 is 9.80 Å². The summed E-state index contributed by atoms with van der Waals surface area (Å²) in [6.07, 6.45) is -3.62. The summed E-state index contributed by atoms with van der Waals surface area (Å²) in [5.41, 5.74) is -0.455. The molecule has 2 amide bonds. The zero-order valence-corrected chi connectivity index (χ0v) is 14.8. The monoisotopic (exact) mass is 397 g/mol. The Morgan fingerprint density at radius 2 is 1.33 bits per heavy atom. The first-order valence-electron chi connectivity index (χ1n) is 8.13. The fourth-order valence-corrected chi connectivity index (χ4v) is 2.88. The van der Waals surface area contributed by atoms with Gasteiger partial charge in [0.25, 0.3) is 11.8 Å². The van der Waals surface area contributed by atoms with Crippen molar-refractivity contribution in [2.24, 2.45) is 0 Å². The van der Waals surface area contributed by atoms with E-state index in [-0.39, 0.29) is 11.5 Å². The number of hydrogen-bond acceptors (Lipinski definition) is 3. The SMILES string of the molecule is O=C(c1ccc(Cl)cc1)N1CCN(C(=O)c2ccc(C(F)(F)F)nc2)CC1. The molecule has 0 spiro atoms. The molecule has 5 nitrogen and oxygen atoms in total. The summed E-state index contributed by atoms with van der Waals surface area (Å²) < 4.78 is 37.7. The minimum Gasteiger partial charge on any atom is -0.335 e. The minimum atomic E-state index is -4.55. The number of pyridine rings is 1. The van der Waals surface area contributed by atoms with Gasteiger partial charge in [-0.15, -0.1) is 0 Å². The van der Waals surface area contributed by atoms with E-state index < -0.39 is 17.8 Å². The molecule has 0 bridgehead atoms. The average Bonchev–Trinajstić information content (AvgIpc) is 2.67. The van der Waals surface area contributed by atoms with Gasteiger partial charge in [-0.05, 0) is 36.4 Å². The van der Waals surface area contributed by atoms with Crippen LogP contribution < -0.4 is 0 Å². The zero-order valence-electron chi connectivity index (χ0n) is 14.0. The molecule has 0 atom stereocenters. The number of benzene rings is 1. The summed E-state index contributed by atoms with van der Waals surface area (Å²) in [6, 6.07) is 8.43. The molecule has 1 fully saturated rings. The molecule has 3 rings (SSSR count). The van der Waals surface area contributed by atoms with Crippen LogP contribution >= 0.6 is 11.6 Å². The van der Waals surface area contributed by atoms with Crippen LogP contribution in [-0.2, 0) is 6.18 Å². The first-order valence-corrected chi connectivity index (χ1v) is 8.51. The normalized spacial score (nSPS) is 15.0. The first kappa shape index (κ1) is 19.2. The minimum absolute atomic E-state index is 0.0838. The van der Waals surface area contributed by atoms with E-state index in [1.807, 2.05) is 0 Å². The Hall–Kier alpha value is -2.61. The summed E-state index contributed by atoms with van der Waals surface area (Å²) in [7, 11) is 0. The molecule has 0 radical (unpaired) electrons. The van der Waals surface area contributed by atoms with Crippen molar-refractivity contribution in [1.82, 2.24) is 14.8 Å². The van der Waals surface area contributed by atoms with Crippen molar-refractivity contribution in [3.8, 4) is 0 Å². The van der Waals surface area contributed by atoms with E-state index in [0.29, 0.717) is 36.8 Å². The molecule has 0 aliphatic carbocycles. The highest BCUT2D eigenvalue weighted by atomic mass is 35.5. The lowest BCUT2D eigenvalue weighted by Gasteiger charge is -2.34. The van der Waals surface area contributed by atoms with Crippen LogP contribution in [0.1, 0.15) is 26.4 Å². The Kier molecular flexibility index (Phi) is 5.36. The van der Waals surface area contributed by atoms with Crippen LogP contribution in [0.3, 0.4) is 0 Å². The number of rotatable bonds is 2. The van der Waals surface area contributed by atoms with Gasteiger partial charge in [-0.3, -0.25) is 14.6 Å².